The molecule has 168 valence electrons. The summed E-state index contributed by atoms with van der Waals surface area (Å²) in [4.78, 5) is 17.3. The normalized spacial score (nSPS) is 10.7. The van der Waals surface area contributed by atoms with Gasteiger partial charge in [-0.05, 0) is 79.3 Å². The average molecular weight is 526 g/mol. The highest BCUT2D eigenvalue weighted by atomic mass is 79.9. The Hall–Kier alpha value is -3.43. The Balaban J connectivity index is 1.49. The van der Waals surface area contributed by atoms with Crippen LogP contribution < -0.4 is 20.1 Å². The lowest BCUT2D eigenvalue weighted by molar-refractivity contribution is 0.0974. The summed E-state index contributed by atoms with van der Waals surface area (Å²) in [5.74, 6) is 1.37. The summed E-state index contributed by atoms with van der Waals surface area (Å²) in [7, 11) is 3.14. The quantitative estimate of drug-likeness (QED) is 0.322. The Morgan fingerprint density at radius 1 is 1.06 bits per heavy atom. The third kappa shape index (κ3) is 4.99. The van der Waals surface area contributed by atoms with E-state index in [0.29, 0.717) is 34.0 Å². The highest BCUT2D eigenvalue weighted by Gasteiger charge is 2.17. The Labute approximate surface area is 204 Å². The van der Waals surface area contributed by atoms with Crippen molar-refractivity contribution in [3.63, 3.8) is 0 Å². The number of amides is 1. The number of carbonyl (C=O) groups excluding carboxylic acids is 1. The number of halogens is 1. The highest BCUT2D eigenvalue weighted by Crippen LogP contribution is 2.29. The molecular formula is C24H20BrN3O4S. The van der Waals surface area contributed by atoms with Crippen LogP contribution in [-0.2, 0) is 0 Å². The number of anilines is 1. The molecule has 4 aromatic rings. The number of thiocarbonyl (C=S) groups is 1. The number of aryl methyl sites for hydroxylation is 1. The Morgan fingerprint density at radius 3 is 2.52 bits per heavy atom. The van der Waals surface area contributed by atoms with E-state index in [9.17, 15) is 4.79 Å². The van der Waals surface area contributed by atoms with Crippen molar-refractivity contribution in [1.29, 1.82) is 0 Å². The minimum absolute atomic E-state index is 0.151. The number of hydrogen-bond donors (Lipinski definition) is 2. The van der Waals surface area contributed by atoms with Crippen molar-refractivity contribution in [3.8, 4) is 23.0 Å². The van der Waals surface area contributed by atoms with Crippen LogP contribution in [0, 0.1) is 6.92 Å². The number of nitrogens with zero attached hydrogens (tertiary/aromatic N) is 1. The van der Waals surface area contributed by atoms with Crippen molar-refractivity contribution in [3.05, 3.63) is 70.2 Å². The smallest absolute Gasteiger partial charge is 0.261 e. The first-order chi connectivity index (χ1) is 15.9. The van der Waals surface area contributed by atoms with Gasteiger partial charge in [0.25, 0.3) is 5.91 Å². The predicted molar refractivity (Wildman–Crippen MR) is 135 cm³/mol. The molecular weight excluding hydrogens is 506 g/mol. The van der Waals surface area contributed by atoms with E-state index in [2.05, 4.69) is 31.5 Å². The number of hydrogen-bond acceptors (Lipinski definition) is 6. The first kappa shape index (κ1) is 22.8. The van der Waals surface area contributed by atoms with Gasteiger partial charge in [-0.25, -0.2) is 4.98 Å². The van der Waals surface area contributed by atoms with E-state index in [1.165, 1.54) is 7.11 Å². The van der Waals surface area contributed by atoms with Gasteiger partial charge in [-0.15, -0.1) is 0 Å². The molecule has 0 aliphatic heterocycles. The number of ether oxygens (including phenoxy) is 2. The molecule has 0 saturated heterocycles. The van der Waals surface area contributed by atoms with E-state index in [-0.39, 0.29) is 11.0 Å². The molecule has 33 heavy (non-hydrogen) atoms. The van der Waals surface area contributed by atoms with Crippen molar-refractivity contribution < 1.29 is 18.7 Å². The van der Waals surface area contributed by atoms with E-state index in [4.69, 9.17) is 26.1 Å². The lowest BCUT2D eigenvalue weighted by Crippen LogP contribution is -2.34. The first-order valence-corrected chi connectivity index (χ1v) is 11.1. The molecule has 1 amide bonds. The number of carbonyl (C=O) groups is 1. The summed E-state index contributed by atoms with van der Waals surface area (Å²) in [5, 5.41) is 5.85. The van der Waals surface area contributed by atoms with Gasteiger partial charge in [0.15, 0.2) is 10.7 Å². The minimum atomic E-state index is -0.377. The number of rotatable bonds is 5. The second-order valence-corrected chi connectivity index (χ2v) is 8.47. The van der Waals surface area contributed by atoms with E-state index in [1.807, 2.05) is 37.3 Å². The highest BCUT2D eigenvalue weighted by molar-refractivity contribution is 9.10. The topological polar surface area (TPSA) is 85.6 Å². The van der Waals surface area contributed by atoms with E-state index in [1.54, 1.807) is 31.4 Å². The van der Waals surface area contributed by atoms with E-state index in [0.717, 1.165) is 21.3 Å². The van der Waals surface area contributed by atoms with Crippen LogP contribution >= 0.6 is 28.1 Å². The van der Waals surface area contributed by atoms with Crippen molar-refractivity contribution in [2.24, 2.45) is 0 Å². The zero-order valence-electron chi connectivity index (χ0n) is 18.1. The van der Waals surface area contributed by atoms with Crippen LogP contribution in [0.3, 0.4) is 0 Å². The monoisotopic (exact) mass is 525 g/mol. The molecule has 9 heteroatoms. The molecule has 0 unspecified atom stereocenters. The number of methoxy groups -OCH3 is 2. The fraction of sp³-hybridized carbons (Fsp3) is 0.125. The minimum Gasteiger partial charge on any atom is -0.497 e. The third-order valence-electron chi connectivity index (χ3n) is 4.90. The second-order valence-electron chi connectivity index (χ2n) is 7.14. The van der Waals surface area contributed by atoms with Crippen LogP contribution in [0.2, 0.25) is 0 Å². The fourth-order valence-corrected chi connectivity index (χ4v) is 4.15. The summed E-state index contributed by atoms with van der Waals surface area (Å²) in [6.45, 7) is 1.87. The number of fused-ring (bicyclic) bond motifs is 1. The maximum atomic E-state index is 12.8. The van der Waals surface area contributed by atoms with Gasteiger partial charge in [0.05, 0.1) is 19.8 Å². The van der Waals surface area contributed by atoms with Crippen LogP contribution in [0.5, 0.6) is 11.5 Å². The molecule has 0 atom stereocenters. The maximum Gasteiger partial charge on any atom is 0.261 e. The number of nitrogens with one attached hydrogen (secondary N) is 2. The molecule has 1 aromatic heterocycles. The van der Waals surface area contributed by atoms with Gasteiger partial charge < -0.3 is 19.2 Å². The number of aromatic nitrogens is 1. The second kappa shape index (κ2) is 9.60. The van der Waals surface area contributed by atoms with Crippen molar-refractivity contribution in [2.75, 3.05) is 19.5 Å². The molecule has 0 spiro atoms. The average Bonchev–Trinajstić information content (AvgIpc) is 3.22. The fourth-order valence-electron chi connectivity index (χ4n) is 3.36. The molecule has 0 aliphatic carbocycles. The van der Waals surface area contributed by atoms with Crippen LogP contribution in [-0.4, -0.2) is 30.2 Å². The predicted octanol–water partition coefficient (Wildman–Crippen LogP) is 5.71. The largest absolute Gasteiger partial charge is 0.497 e. The van der Waals surface area contributed by atoms with E-state index < -0.39 is 0 Å². The van der Waals surface area contributed by atoms with Gasteiger partial charge in [-0.3, -0.25) is 10.1 Å². The standard InChI is InChI=1S/C24H20BrN3O4S/c1-13-10-15(25)11-18(21(13)31-3)22(29)28-24(33)26-16-6-9-20-19(12-16)27-23(32-20)14-4-7-17(30-2)8-5-14/h4-12H,1-3H3,(H2,26,28,29,33). The van der Waals surface area contributed by atoms with Crippen LogP contribution in [0.1, 0.15) is 15.9 Å². The van der Waals surface area contributed by atoms with Gasteiger partial charge in [-0.1, -0.05) is 15.9 Å². The molecule has 1 heterocycles. The van der Waals surface area contributed by atoms with E-state index >= 15 is 0 Å². The molecule has 0 fully saturated rings. The summed E-state index contributed by atoms with van der Waals surface area (Å²) in [6.07, 6.45) is 0. The number of benzene rings is 3. The summed E-state index contributed by atoms with van der Waals surface area (Å²) >= 11 is 8.74. The lowest BCUT2D eigenvalue weighted by Gasteiger charge is -2.13. The molecule has 0 saturated carbocycles. The third-order valence-corrected chi connectivity index (χ3v) is 5.56. The zero-order chi connectivity index (χ0) is 23.5. The molecule has 0 bridgehead atoms. The first-order valence-electron chi connectivity index (χ1n) is 9.89. The molecule has 3 aromatic carbocycles. The summed E-state index contributed by atoms with van der Waals surface area (Å²) in [5.41, 5.74) is 4.01. The van der Waals surface area contributed by atoms with Gasteiger partial charge >= 0.3 is 0 Å². The summed E-state index contributed by atoms with van der Waals surface area (Å²) in [6, 6.07) is 16.4. The Morgan fingerprint density at radius 2 is 1.82 bits per heavy atom. The van der Waals surface area contributed by atoms with Gasteiger partial charge in [0.2, 0.25) is 5.89 Å². The summed E-state index contributed by atoms with van der Waals surface area (Å²) < 4.78 is 17.2. The van der Waals surface area contributed by atoms with Crippen molar-refractivity contribution in [2.45, 2.75) is 6.92 Å². The van der Waals surface area contributed by atoms with Crippen LogP contribution in [0.25, 0.3) is 22.6 Å². The molecule has 7 nitrogen and oxygen atoms in total. The molecule has 0 aliphatic rings. The SMILES string of the molecule is COc1ccc(-c2nc3cc(NC(=S)NC(=O)c4cc(Br)cc(C)c4OC)ccc3o2)cc1. The van der Waals surface area contributed by atoms with Crippen molar-refractivity contribution in [1.82, 2.24) is 10.3 Å². The van der Waals surface area contributed by atoms with Gasteiger partial charge in [0.1, 0.15) is 17.0 Å². The zero-order valence-corrected chi connectivity index (χ0v) is 20.5. The Kier molecular flexibility index (Phi) is 6.62. The molecule has 2 N–H and O–H groups in total. The molecule has 0 radical (unpaired) electrons. The lowest BCUT2D eigenvalue weighted by atomic mass is 10.1. The van der Waals surface area contributed by atoms with Gasteiger partial charge in [0, 0.05) is 15.7 Å². The number of oxazole rings is 1. The molecule has 4 rings (SSSR count). The van der Waals surface area contributed by atoms with Crippen LogP contribution in [0.4, 0.5) is 5.69 Å². The maximum absolute atomic E-state index is 12.8. The van der Waals surface area contributed by atoms with Crippen molar-refractivity contribution >= 4 is 56.0 Å². The van der Waals surface area contributed by atoms with Gasteiger partial charge in [-0.2, -0.15) is 0 Å². The Bertz CT molecular complexity index is 1350. The van der Waals surface area contributed by atoms with Crippen LogP contribution in [0.15, 0.2) is 63.5 Å².